The summed E-state index contributed by atoms with van der Waals surface area (Å²) >= 11 is 0. The maximum atomic E-state index is 12.2. The van der Waals surface area contributed by atoms with E-state index in [0.29, 0.717) is 13.0 Å². The number of H-pyrrole nitrogens is 1. The van der Waals surface area contributed by atoms with Gasteiger partial charge in [0, 0.05) is 18.3 Å². The van der Waals surface area contributed by atoms with Gasteiger partial charge in [-0.15, -0.1) is 0 Å². The largest absolute Gasteiger partial charge is 0.350 e. The fourth-order valence-electron chi connectivity index (χ4n) is 2.45. The number of aryl methyl sites for hydroxylation is 1. The predicted octanol–water partition coefficient (Wildman–Crippen LogP) is 0.139. The Morgan fingerprint density at radius 2 is 1.96 bits per heavy atom. The number of pyridine rings is 1. The molecular weight excluding hydrogens is 338 g/mol. The van der Waals surface area contributed by atoms with E-state index in [0.717, 1.165) is 0 Å². The van der Waals surface area contributed by atoms with Crippen LogP contribution in [0.15, 0.2) is 21.9 Å². The normalized spacial score (nSPS) is 11.4. The van der Waals surface area contributed by atoms with Gasteiger partial charge >= 0.3 is 5.69 Å². The Balaban J connectivity index is 2.26. The summed E-state index contributed by atoms with van der Waals surface area (Å²) in [7, 11) is 0. The summed E-state index contributed by atoms with van der Waals surface area (Å²) in [6.07, 6.45) is 1.97. The van der Waals surface area contributed by atoms with Crippen LogP contribution in [0.2, 0.25) is 0 Å². The lowest BCUT2D eigenvalue weighted by molar-refractivity contribution is -0.121. The summed E-state index contributed by atoms with van der Waals surface area (Å²) < 4.78 is 1.36. The smallest absolute Gasteiger partial charge is 0.329 e. The van der Waals surface area contributed by atoms with Crippen molar-refractivity contribution in [1.29, 1.82) is 0 Å². The van der Waals surface area contributed by atoms with Crippen LogP contribution >= 0.6 is 0 Å². The van der Waals surface area contributed by atoms with Gasteiger partial charge in [0.1, 0.15) is 5.65 Å². The Morgan fingerprint density at radius 1 is 1.27 bits per heavy atom. The second-order valence-electron chi connectivity index (χ2n) is 6.99. The minimum absolute atomic E-state index is 0.133. The van der Waals surface area contributed by atoms with Crippen LogP contribution in [0.4, 0.5) is 0 Å². The van der Waals surface area contributed by atoms with Gasteiger partial charge < -0.3 is 10.6 Å². The average Bonchev–Trinajstić information content (AvgIpc) is 2.54. The van der Waals surface area contributed by atoms with Crippen LogP contribution in [-0.2, 0) is 11.3 Å². The van der Waals surface area contributed by atoms with E-state index in [2.05, 4.69) is 20.6 Å². The molecule has 0 aliphatic heterocycles. The summed E-state index contributed by atoms with van der Waals surface area (Å²) in [6, 6.07) is 1.36. The molecule has 0 aliphatic carbocycles. The Bertz CT molecular complexity index is 952. The number of carbonyl (C=O) groups excluding carboxylic acids is 2. The maximum Gasteiger partial charge on any atom is 0.329 e. The summed E-state index contributed by atoms with van der Waals surface area (Å²) in [6.45, 7) is 7.61. The highest BCUT2D eigenvalue weighted by Gasteiger charge is 2.16. The van der Waals surface area contributed by atoms with Crippen molar-refractivity contribution in [2.75, 3.05) is 6.54 Å². The number of aromatic nitrogens is 3. The molecule has 26 heavy (non-hydrogen) atoms. The molecule has 2 rings (SSSR count). The number of nitrogens with one attached hydrogen (secondary N) is 3. The second-order valence-corrected chi connectivity index (χ2v) is 6.99. The van der Waals surface area contributed by atoms with Crippen LogP contribution in [0.25, 0.3) is 11.0 Å². The number of hydrogen-bond donors (Lipinski definition) is 3. The molecule has 0 aliphatic rings. The zero-order chi connectivity index (χ0) is 19.5. The molecule has 0 aromatic carbocycles. The summed E-state index contributed by atoms with van der Waals surface area (Å²) in [5.41, 5.74) is -1.18. The van der Waals surface area contributed by atoms with Gasteiger partial charge in [0.05, 0.1) is 17.5 Å². The number of amides is 2. The zero-order valence-corrected chi connectivity index (χ0v) is 15.3. The van der Waals surface area contributed by atoms with Crippen molar-refractivity contribution in [3.05, 3.63) is 38.7 Å². The maximum absolute atomic E-state index is 12.2. The molecule has 0 saturated heterocycles. The zero-order valence-electron chi connectivity index (χ0n) is 15.3. The van der Waals surface area contributed by atoms with E-state index in [9.17, 15) is 19.2 Å². The minimum atomic E-state index is -0.607. The molecule has 0 spiro atoms. The molecule has 2 aromatic heterocycles. The number of hydrogen-bond acceptors (Lipinski definition) is 5. The van der Waals surface area contributed by atoms with Gasteiger partial charge in [0.25, 0.3) is 11.5 Å². The van der Waals surface area contributed by atoms with Gasteiger partial charge in [-0.05, 0) is 33.3 Å². The molecule has 0 fully saturated rings. The Kier molecular flexibility index (Phi) is 5.59. The quantitative estimate of drug-likeness (QED) is 0.698. The first kappa shape index (κ1) is 19.4. The second kappa shape index (κ2) is 7.51. The summed E-state index contributed by atoms with van der Waals surface area (Å²) in [5.74, 6) is -0.856. The van der Waals surface area contributed by atoms with Crippen LogP contribution in [0.1, 0.15) is 44.5 Å². The van der Waals surface area contributed by atoms with Gasteiger partial charge in [-0.1, -0.05) is 6.92 Å². The van der Waals surface area contributed by atoms with Gasteiger partial charge in [0.15, 0.2) is 0 Å². The lowest BCUT2D eigenvalue weighted by atomic mass is 10.1. The molecule has 0 radical (unpaired) electrons. The lowest BCUT2D eigenvalue weighted by Gasteiger charge is -2.20. The van der Waals surface area contributed by atoms with Crippen molar-refractivity contribution in [3.8, 4) is 0 Å². The number of carbonyl (C=O) groups is 2. The first-order chi connectivity index (χ1) is 12.1. The first-order valence-electron chi connectivity index (χ1n) is 8.34. The highest BCUT2D eigenvalue weighted by atomic mass is 16.2. The van der Waals surface area contributed by atoms with Crippen LogP contribution < -0.4 is 21.9 Å². The third kappa shape index (κ3) is 4.56. The fourth-order valence-corrected chi connectivity index (χ4v) is 2.45. The van der Waals surface area contributed by atoms with Crippen molar-refractivity contribution >= 4 is 22.8 Å². The standard InChI is InChI=1S/C17H23N5O4/c1-5-6-22-13-11(15(25)20-16(22)26)7-10(8-18-13)14(24)19-9-12(23)21-17(2,3)4/h7-8H,5-6,9H2,1-4H3,(H,19,24)(H,21,23)(H,20,25,26). The summed E-state index contributed by atoms with van der Waals surface area (Å²) in [4.78, 5) is 54.3. The number of fused-ring (bicyclic) bond motifs is 1. The van der Waals surface area contributed by atoms with E-state index in [-0.39, 0.29) is 29.0 Å². The molecule has 0 saturated carbocycles. The molecular formula is C17H23N5O4. The molecule has 9 nitrogen and oxygen atoms in total. The van der Waals surface area contributed by atoms with Crippen molar-refractivity contribution < 1.29 is 9.59 Å². The SMILES string of the molecule is CCCn1c(=O)[nH]c(=O)c2cc(C(=O)NCC(=O)NC(C)(C)C)cnc21. The van der Waals surface area contributed by atoms with Crippen LogP contribution in [-0.4, -0.2) is 38.4 Å². The van der Waals surface area contributed by atoms with E-state index in [1.807, 2.05) is 27.7 Å². The van der Waals surface area contributed by atoms with E-state index >= 15 is 0 Å². The molecule has 0 atom stereocenters. The minimum Gasteiger partial charge on any atom is -0.350 e. The van der Waals surface area contributed by atoms with Gasteiger partial charge in [0.2, 0.25) is 5.91 Å². The molecule has 3 N–H and O–H groups in total. The van der Waals surface area contributed by atoms with Gasteiger partial charge in [-0.25, -0.2) is 9.78 Å². The number of nitrogens with zero attached hydrogens (tertiary/aromatic N) is 2. The van der Waals surface area contributed by atoms with E-state index < -0.39 is 22.7 Å². The van der Waals surface area contributed by atoms with E-state index in [4.69, 9.17) is 0 Å². The van der Waals surface area contributed by atoms with Crippen LogP contribution in [0.3, 0.4) is 0 Å². The van der Waals surface area contributed by atoms with Crippen molar-refractivity contribution in [1.82, 2.24) is 25.2 Å². The molecule has 2 amide bonds. The third-order valence-electron chi connectivity index (χ3n) is 3.47. The van der Waals surface area contributed by atoms with Gasteiger partial charge in [-0.2, -0.15) is 0 Å². The molecule has 140 valence electrons. The predicted molar refractivity (Wildman–Crippen MR) is 97.1 cm³/mol. The Morgan fingerprint density at radius 3 is 2.58 bits per heavy atom. The van der Waals surface area contributed by atoms with E-state index in [1.165, 1.54) is 16.8 Å². The van der Waals surface area contributed by atoms with Crippen LogP contribution in [0.5, 0.6) is 0 Å². The lowest BCUT2D eigenvalue weighted by Crippen LogP contribution is -2.45. The average molecular weight is 361 g/mol. The van der Waals surface area contributed by atoms with Crippen molar-refractivity contribution in [3.63, 3.8) is 0 Å². The molecule has 0 bridgehead atoms. The van der Waals surface area contributed by atoms with Gasteiger partial charge in [-0.3, -0.25) is 23.9 Å². The highest BCUT2D eigenvalue weighted by molar-refractivity contribution is 5.98. The molecule has 0 unspecified atom stereocenters. The fraction of sp³-hybridized carbons (Fsp3) is 0.471. The molecule has 2 heterocycles. The summed E-state index contributed by atoms with van der Waals surface area (Å²) in [5, 5.41) is 5.36. The highest BCUT2D eigenvalue weighted by Crippen LogP contribution is 2.08. The Hall–Kier alpha value is -2.97. The van der Waals surface area contributed by atoms with Crippen LogP contribution in [0, 0.1) is 0 Å². The number of aromatic amines is 1. The number of rotatable bonds is 5. The third-order valence-corrected chi connectivity index (χ3v) is 3.47. The van der Waals surface area contributed by atoms with E-state index in [1.54, 1.807) is 0 Å². The van der Waals surface area contributed by atoms with Crippen molar-refractivity contribution in [2.45, 2.75) is 46.2 Å². The monoisotopic (exact) mass is 361 g/mol. The van der Waals surface area contributed by atoms with Crippen molar-refractivity contribution in [2.24, 2.45) is 0 Å². The Labute approximate surface area is 149 Å². The molecule has 2 aromatic rings. The topological polar surface area (TPSA) is 126 Å². The molecule has 9 heteroatoms. The first-order valence-corrected chi connectivity index (χ1v) is 8.34.